The van der Waals surface area contributed by atoms with Gasteiger partial charge in [-0.25, -0.2) is 4.98 Å². The predicted octanol–water partition coefficient (Wildman–Crippen LogP) is 3.76. The third-order valence-corrected chi connectivity index (χ3v) is 5.06. The topological polar surface area (TPSA) is 38.9 Å². The van der Waals surface area contributed by atoms with E-state index < -0.39 is 0 Å². The minimum Gasteiger partial charge on any atom is -0.321 e. The summed E-state index contributed by atoms with van der Waals surface area (Å²) < 4.78 is 1.28. The fourth-order valence-electron chi connectivity index (χ4n) is 2.35. The van der Waals surface area contributed by atoms with Gasteiger partial charge in [-0.15, -0.1) is 11.3 Å². The molecule has 0 spiro atoms. The zero-order valence-electron chi connectivity index (χ0n) is 10.4. The first-order valence-corrected chi connectivity index (χ1v) is 7.10. The molecule has 2 aromatic rings. The highest BCUT2D eigenvalue weighted by atomic mass is 32.1. The molecule has 17 heavy (non-hydrogen) atoms. The van der Waals surface area contributed by atoms with Gasteiger partial charge in [-0.05, 0) is 37.0 Å². The second kappa shape index (κ2) is 3.79. The van der Waals surface area contributed by atoms with Crippen molar-refractivity contribution in [1.29, 1.82) is 0 Å². The van der Waals surface area contributed by atoms with Gasteiger partial charge in [0.15, 0.2) is 0 Å². The summed E-state index contributed by atoms with van der Waals surface area (Å²) in [6.45, 7) is 4.38. The Kier molecular flexibility index (Phi) is 2.49. The molecule has 2 N–H and O–H groups in total. The lowest BCUT2D eigenvalue weighted by atomic mass is 9.73. The fourth-order valence-corrected chi connectivity index (χ4v) is 3.30. The van der Waals surface area contributed by atoms with Gasteiger partial charge < -0.3 is 5.73 Å². The molecule has 2 nitrogen and oxygen atoms in total. The maximum atomic E-state index is 6.36. The molecule has 1 aromatic carbocycles. The van der Waals surface area contributed by atoms with E-state index in [-0.39, 0.29) is 5.54 Å². The van der Waals surface area contributed by atoms with E-state index in [1.54, 1.807) is 11.3 Å². The van der Waals surface area contributed by atoms with Crippen molar-refractivity contribution in [3.8, 4) is 0 Å². The lowest BCUT2D eigenvalue weighted by Gasteiger charge is -2.38. The number of hydrogen-bond acceptors (Lipinski definition) is 3. The van der Waals surface area contributed by atoms with Crippen molar-refractivity contribution in [3.63, 3.8) is 0 Å². The zero-order valence-corrected chi connectivity index (χ0v) is 11.2. The Hall–Kier alpha value is -0.930. The molecule has 0 unspecified atom stereocenters. The number of rotatable bonds is 2. The molecule has 1 fully saturated rings. The first-order valence-electron chi connectivity index (χ1n) is 6.28. The lowest BCUT2D eigenvalue weighted by molar-refractivity contribution is 0.254. The zero-order chi connectivity index (χ0) is 12.0. The molecule has 90 valence electrons. The Balaban J connectivity index is 2.06. The summed E-state index contributed by atoms with van der Waals surface area (Å²) in [7, 11) is 0. The normalized spacial score (nSPS) is 18.6. The highest BCUT2D eigenvalue weighted by Gasteiger charge is 2.34. The Bertz CT molecular complexity index is 552. The second-order valence-electron chi connectivity index (χ2n) is 5.40. The van der Waals surface area contributed by atoms with E-state index in [2.05, 4.69) is 32.0 Å². The molecule has 1 aromatic heterocycles. The number of hydrogen-bond donors (Lipinski definition) is 1. The van der Waals surface area contributed by atoms with Crippen LogP contribution in [-0.4, -0.2) is 4.98 Å². The fraction of sp³-hybridized carbons (Fsp3) is 0.500. The summed E-state index contributed by atoms with van der Waals surface area (Å²) in [5, 5.41) is 1.22. The average Bonchev–Trinajstić information content (AvgIpc) is 2.68. The molecular weight excluding hydrogens is 228 g/mol. The van der Waals surface area contributed by atoms with Gasteiger partial charge in [0.1, 0.15) is 0 Å². The first kappa shape index (κ1) is 11.2. The number of nitrogens with zero attached hydrogens (tertiary/aromatic N) is 1. The molecule has 0 amide bonds. The molecule has 3 rings (SSSR count). The Labute approximate surface area is 106 Å². The summed E-state index contributed by atoms with van der Waals surface area (Å²) in [4.78, 5) is 4.71. The van der Waals surface area contributed by atoms with Crippen LogP contribution in [0.3, 0.4) is 0 Å². The first-order chi connectivity index (χ1) is 8.08. The third kappa shape index (κ3) is 1.78. The van der Waals surface area contributed by atoms with Crippen molar-refractivity contribution in [3.05, 3.63) is 28.8 Å². The minimum atomic E-state index is -0.0736. The van der Waals surface area contributed by atoms with Gasteiger partial charge >= 0.3 is 0 Å². The highest BCUT2D eigenvalue weighted by molar-refractivity contribution is 7.18. The van der Waals surface area contributed by atoms with E-state index >= 15 is 0 Å². The Morgan fingerprint density at radius 2 is 2.12 bits per heavy atom. The molecule has 0 bridgehead atoms. The van der Waals surface area contributed by atoms with Crippen LogP contribution >= 0.6 is 11.3 Å². The predicted molar refractivity (Wildman–Crippen MR) is 73.4 cm³/mol. The summed E-state index contributed by atoms with van der Waals surface area (Å²) in [5.41, 5.74) is 8.66. The van der Waals surface area contributed by atoms with Gasteiger partial charge in [0.25, 0.3) is 0 Å². The van der Waals surface area contributed by atoms with Crippen molar-refractivity contribution in [2.75, 3.05) is 0 Å². The van der Waals surface area contributed by atoms with Crippen LogP contribution in [0.15, 0.2) is 18.2 Å². The highest BCUT2D eigenvalue weighted by Crippen LogP contribution is 2.40. The largest absolute Gasteiger partial charge is 0.321 e. The molecule has 0 radical (unpaired) electrons. The molecule has 1 aliphatic rings. The van der Waals surface area contributed by atoms with Crippen molar-refractivity contribution in [1.82, 2.24) is 4.98 Å². The molecule has 0 aliphatic heterocycles. The van der Waals surface area contributed by atoms with Gasteiger partial charge in [-0.3, -0.25) is 0 Å². The number of aromatic nitrogens is 1. The number of thiazole rings is 1. The quantitative estimate of drug-likeness (QED) is 0.876. The van der Waals surface area contributed by atoms with Crippen LogP contribution in [0.5, 0.6) is 0 Å². The van der Waals surface area contributed by atoms with E-state index in [1.165, 1.54) is 21.7 Å². The summed E-state index contributed by atoms with van der Waals surface area (Å²) in [6, 6.07) is 6.56. The van der Waals surface area contributed by atoms with E-state index in [1.807, 2.05) is 0 Å². The summed E-state index contributed by atoms with van der Waals surface area (Å²) >= 11 is 1.80. The van der Waals surface area contributed by atoms with Gasteiger partial charge in [-0.2, -0.15) is 0 Å². The average molecular weight is 246 g/mol. The molecule has 0 atom stereocenters. The maximum Gasteiger partial charge on any atom is 0.0963 e. The summed E-state index contributed by atoms with van der Waals surface area (Å²) in [5.74, 6) is 0.506. The summed E-state index contributed by atoms with van der Waals surface area (Å²) in [6.07, 6.45) is 3.47. The van der Waals surface area contributed by atoms with Crippen LogP contribution in [-0.2, 0) is 5.54 Å². The van der Waals surface area contributed by atoms with Crippen molar-refractivity contribution >= 4 is 21.6 Å². The standard InChI is InChI=1S/C14H18N2S/c1-9(2)13-16-11-8-10(4-5-12(11)17-13)14(15)6-3-7-14/h4-5,8-9H,3,6-7,15H2,1-2H3. The van der Waals surface area contributed by atoms with E-state index in [0.717, 1.165) is 18.4 Å². The lowest BCUT2D eigenvalue weighted by Crippen LogP contribution is -2.43. The van der Waals surface area contributed by atoms with Crippen molar-refractivity contribution in [2.45, 2.75) is 44.6 Å². The number of nitrogens with two attached hydrogens (primary N) is 1. The maximum absolute atomic E-state index is 6.36. The SMILES string of the molecule is CC(C)c1nc2cc(C3(N)CCC3)ccc2s1. The molecule has 0 saturated heterocycles. The smallest absolute Gasteiger partial charge is 0.0963 e. The second-order valence-corrected chi connectivity index (χ2v) is 6.46. The van der Waals surface area contributed by atoms with Crippen LogP contribution < -0.4 is 5.73 Å². The number of benzene rings is 1. The van der Waals surface area contributed by atoms with Gasteiger partial charge in [0.05, 0.1) is 15.2 Å². The number of fused-ring (bicyclic) bond motifs is 1. The van der Waals surface area contributed by atoms with Gasteiger partial charge in [-0.1, -0.05) is 19.9 Å². The molecule has 1 heterocycles. The van der Waals surface area contributed by atoms with Crippen LogP contribution in [0.4, 0.5) is 0 Å². The van der Waals surface area contributed by atoms with Crippen molar-refractivity contribution in [2.24, 2.45) is 5.73 Å². The van der Waals surface area contributed by atoms with Crippen LogP contribution in [0.1, 0.15) is 49.6 Å². The molecule has 1 aliphatic carbocycles. The minimum absolute atomic E-state index is 0.0736. The van der Waals surface area contributed by atoms with Gasteiger partial charge in [0.2, 0.25) is 0 Å². The van der Waals surface area contributed by atoms with E-state index in [4.69, 9.17) is 10.7 Å². The molecule has 3 heteroatoms. The van der Waals surface area contributed by atoms with Crippen LogP contribution in [0.2, 0.25) is 0 Å². The van der Waals surface area contributed by atoms with E-state index in [9.17, 15) is 0 Å². The molecular formula is C14H18N2S. The molecule has 1 saturated carbocycles. The van der Waals surface area contributed by atoms with E-state index in [0.29, 0.717) is 5.92 Å². The van der Waals surface area contributed by atoms with Crippen molar-refractivity contribution < 1.29 is 0 Å². The van der Waals surface area contributed by atoms with Crippen LogP contribution in [0, 0.1) is 0 Å². The Morgan fingerprint density at radius 1 is 1.35 bits per heavy atom. The monoisotopic (exact) mass is 246 g/mol. The van der Waals surface area contributed by atoms with Crippen LogP contribution in [0.25, 0.3) is 10.2 Å². The van der Waals surface area contributed by atoms with Gasteiger partial charge in [0, 0.05) is 11.5 Å². The third-order valence-electron chi connectivity index (χ3n) is 3.72. The Morgan fingerprint density at radius 3 is 2.71 bits per heavy atom.